The van der Waals surface area contributed by atoms with Gasteiger partial charge in [-0.2, -0.15) is 0 Å². The van der Waals surface area contributed by atoms with E-state index in [1.54, 1.807) is 37.7 Å². The quantitative estimate of drug-likeness (QED) is 0.329. The summed E-state index contributed by atoms with van der Waals surface area (Å²) in [7, 11) is 0. The number of thiophene rings is 1. The van der Waals surface area contributed by atoms with Gasteiger partial charge in [-0.1, -0.05) is 13.2 Å². The normalized spacial score (nSPS) is 20.1. The summed E-state index contributed by atoms with van der Waals surface area (Å²) in [5.41, 5.74) is 1.53. The highest BCUT2D eigenvalue weighted by atomic mass is 32.1. The van der Waals surface area contributed by atoms with E-state index in [4.69, 9.17) is 0 Å². The van der Waals surface area contributed by atoms with Crippen molar-refractivity contribution in [1.82, 2.24) is 15.6 Å². The molecular formula is C23H24N6O3S. The molecule has 3 heterocycles. The molecule has 0 aromatic carbocycles. The summed E-state index contributed by atoms with van der Waals surface area (Å²) in [6, 6.07) is 0.938. The second kappa shape index (κ2) is 9.37. The monoisotopic (exact) mass is 464 g/mol. The van der Waals surface area contributed by atoms with Crippen molar-refractivity contribution in [3.63, 3.8) is 0 Å². The largest absolute Gasteiger partial charge is 0.348 e. The fourth-order valence-electron chi connectivity index (χ4n) is 4.13. The van der Waals surface area contributed by atoms with Crippen LogP contribution in [0.1, 0.15) is 35.9 Å². The first-order chi connectivity index (χ1) is 16.0. The summed E-state index contributed by atoms with van der Waals surface area (Å²) >= 11 is 1.21. The molecule has 33 heavy (non-hydrogen) atoms. The molecule has 170 valence electrons. The average Bonchev–Trinajstić information content (AvgIpc) is 3.40. The van der Waals surface area contributed by atoms with Crippen LogP contribution < -0.4 is 20.9 Å². The van der Waals surface area contributed by atoms with Crippen LogP contribution in [0.2, 0.25) is 0 Å². The lowest BCUT2D eigenvalue weighted by Crippen LogP contribution is -2.48. The van der Waals surface area contributed by atoms with Gasteiger partial charge in [0.2, 0.25) is 5.91 Å². The van der Waals surface area contributed by atoms with E-state index in [0.717, 1.165) is 19.3 Å². The number of urea groups is 1. The Balaban J connectivity index is 1.68. The van der Waals surface area contributed by atoms with Gasteiger partial charge in [0.15, 0.2) is 0 Å². The fraction of sp³-hybridized carbons (Fsp3) is 0.261. The molecule has 2 aromatic rings. The van der Waals surface area contributed by atoms with Gasteiger partial charge >= 0.3 is 6.03 Å². The molecule has 0 radical (unpaired) electrons. The van der Waals surface area contributed by atoms with Gasteiger partial charge in [0.25, 0.3) is 5.91 Å². The number of rotatable bonds is 7. The summed E-state index contributed by atoms with van der Waals surface area (Å²) < 4.78 is 0. The molecule has 2 aliphatic rings. The van der Waals surface area contributed by atoms with E-state index < -0.39 is 6.03 Å². The van der Waals surface area contributed by atoms with Crippen molar-refractivity contribution in [2.75, 3.05) is 10.2 Å². The van der Waals surface area contributed by atoms with E-state index in [2.05, 4.69) is 39.1 Å². The van der Waals surface area contributed by atoms with Crippen molar-refractivity contribution in [1.29, 1.82) is 0 Å². The van der Waals surface area contributed by atoms with Crippen LogP contribution in [0.3, 0.4) is 0 Å². The van der Waals surface area contributed by atoms with Gasteiger partial charge in [-0.25, -0.2) is 9.78 Å². The molecule has 4 rings (SSSR count). The maximum atomic E-state index is 13.2. The number of anilines is 2. The third kappa shape index (κ3) is 4.17. The maximum absolute atomic E-state index is 13.2. The summed E-state index contributed by atoms with van der Waals surface area (Å²) in [6.07, 6.45) is 9.94. The Hall–Kier alpha value is -3.79. The van der Waals surface area contributed by atoms with Gasteiger partial charge in [-0.05, 0) is 44.4 Å². The topological polar surface area (TPSA) is 116 Å². The molecule has 0 unspecified atom stereocenters. The Morgan fingerprint density at radius 3 is 2.73 bits per heavy atom. The maximum Gasteiger partial charge on any atom is 0.331 e. The molecule has 3 N–H and O–H groups in total. The number of carbonyl (C=O) groups excluding carboxylic acids is 3. The van der Waals surface area contributed by atoms with E-state index in [0.29, 0.717) is 32.2 Å². The average molecular weight is 465 g/mol. The van der Waals surface area contributed by atoms with Gasteiger partial charge in [0.05, 0.1) is 28.7 Å². The number of nitrogens with zero attached hydrogens (tertiary/aromatic N) is 3. The molecule has 1 fully saturated rings. The number of hydrogen-bond acceptors (Lipinski definition) is 6. The zero-order chi connectivity index (χ0) is 23.5. The number of aromatic nitrogens is 1. The number of carbonyl (C=O) groups is 3. The Kier molecular flexibility index (Phi) is 6.36. The van der Waals surface area contributed by atoms with Crippen molar-refractivity contribution in [3.05, 3.63) is 54.3 Å². The number of pyridine rings is 1. The minimum atomic E-state index is -0.420. The lowest BCUT2D eigenvalue weighted by molar-refractivity contribution is -0.117. The predicted molar refractivity (Wildman–Crippen MR) is 131 cm³/mol. The zero-order valence-electron chi connectivity index (χ0n) is 18.1. The van der Waals surface area contributed by atoms with Crippen LogP contribution in [0.5, 0.6) is 0 Å². The van der Waals surface area contributed by atoms with Crippen LogP contribution in [-0.4, -0.2) is 41.1 Å². The zero-order valence-corrected chi connectivity index (χ0v) is 18.9. The fourth-order valence-corrected chi connectivity index (χ4v) is 5.16. The predicted octanol–water partition coefficient (Wildman–Crippen LogP) is 3.72. The third-order valence-electron chi connectivity index (χ3n) is 5.62. The first-order valence-corrected chi connectivity index (χ1v) is 11.4. The number of hydrogen-bond donors (Lipinski definition) is 3. The molecule has 0 saturated heterocycles. The first-order valence-electron chi connectivity index (χ1n) is 10.5. The number of aliphatic imine (C=N–C) groups is 1. The standard InChI is InChI=1S/C23H24N6O3S/c1-4-13(12-24-6-3)29-16-10-11-25-22-18(16)19(28-23(29)32)20(33-22)21(31)27-15-9-7-8-14(15)26-17(30)5-2/h4-6,10-12,14-15H,1-2,7-9H2,3H3,(H,26,30)(H,27,31)(H,28,32)/b13-12+,24-6?/t14-,15+/m1/s1. The minimum Gasteiger partial charge on any atom is -0.348 e. The smallest absolute Gasteiger partial charge is 0.331 e. The van der Waals surface area contributed by atoms with Crippen molar-refractivity contribution in [3.8, 4) is 0 Å². The van der Waals surface area contributed by atoms with E-state index in [1.807, 2.05) is 0 Å². The Morgan fingerprint density at radius 1 is 1.27 bits per heavy atom. The molecule has 1 aliphatic carbocycles. The third-order valence-corrected chi connectivity index (χ3v) is 6.72. The number of allylic oxidation sites excluding steroid dienone is 1. The molecule has 2 aromatic heterocycles. The van der Waals surface area contributed by atoms with E-state index in [-0.39, 0.29) is 23.9 Å². The molecular weight excluding hydrogens is 440 g/mol. The van der Waals surface area contributed by atoms with E-state index in [9.17, 15) is 14.4 Å². The molecule has 0 spiro atoms. The van der Waals surface area contributed by atoms with Crippen LogP contribution in [0.15, 0.2) is 54.5 Å². The summed E-state index contributed by atoms with van der Waals surface area (Å²) in [5, 5.41) is 9.43. The molecule has 10 heteroatoms. The molecule has 1 aliphatic heterocycles. The highest BCUT2D eigenvalue weighted by Gasteiger charge is 2.35. The van der Waals surface area contributed by atoms with Crippen LogP contribution in [0.4, 0.5) is 16.2 Å². The van der Waals surface area contributed by atoms with Crippen LogP contribution in [-0.2, 0) is 4.79 Å². The number of amides is 4. The van der Waals surface area contributed by atoms with E-state index >= 15 is 0 Å². The lowest BCUT2D eigenvalue weighted by Gasteiger charge is -2.28. The lowest BCUT2D eigenvalue weighted by atomic mass is 10.1. The van der Waals surface area contributed by atoms with Crippen molar-refractivity contribution >= 4 is 57.0 Å². The summed E-state index contributed by atoms with van der Waals surface area (Å²) in [4.78, 5) is 49.0. The summed E-state index contributed by atoms with van der Waals surface area (Å²) in [6.45, 7) is 9.05. The van der Waals surface area contributed by atoms with Crippen LogP contribution >= 0.6 is 11.3 Å². The minimum absolute atomic E-state index is 0.164. The second-order valence-electron chi connectivity index (χ2n) is 7.58. The highest BCUT2D eigenvalue weighted by molar-refractivity contribution is 7.21. The van der Waals surface area contributed by atoms with Gasteiger partial charge in [-0.3, -0.25) is 19.5 Å². The van der Waals surface area contributed by atoms with Gasteiger partial charge in [0, 0.05) is 24.5 Å². The van der Waals surface area contributed by atoms with Crippen LogP contribution in [0.25, 0.3) is 10.2 Å². The molecule has 1 saturated carbocycles. The van der Waals surface area contributed by atoms with Gasteiger partial charge in [0.1, 0.15) is 9.71 Å². The summed E-state index contributed by atoms with van der Waals surface area (Å²) in [5.74, 6) is -0.578. The van der Waals surface area contributed by atoms with Crippen molar-refractivity contribution in [2.24, 2.45) is 4.99 Å². The van der Waals surface area contributed by atoms with Crippen molar-refractivity contribution in [2.45, 2.75) is 38.3 Å². The Bertz CT molecular complexity index is 1210. The Morgan fingerprint density at radius 2 is 2.03 bits per heavy atom. The Labute approximate surface area is 195 Å². The first kappa shape index (κ1) is 22.4. The van der Waals surface area contributed by atoms with Crippen molar-refractivity contribution < 1.29 is 14.4 Å². The molecule has 2 atom stereocenters. The van der Waals surface area contributed by atoms with Gasteiger partial charge in [-0.15, -0.1) is 11.3 Å². The van der Waals surface area contributed by atoms with Gasteiger partial charge < -0.3 is 16.0 Å². The second-order valence-corrected chi connectivity index (χ2v) is 8.58. The van der Waals surface area contributed by atoms with Crippen LogP contribution in [0, 0.1) is 0 Å². The molecule has 4 amide bonds. The molecule has 0 bridgehead atoms. The van der Waals surface area contributed by atoms with E-state index in [1.165, 1.54) is 22.3 Å². The SMILES string of the molecule is C=CC(=O)N[C@@H]1CCC[C@@H]1NC(=O)c1sc2nccc3c2c1NC(=O)N3/C(C=C)=C/N=CC. The molecule has 9 nitrogen and oxygen atoms in total. The number of nitrogens with one attached hydrogen (secondary N) is 3. The highest BCUT2D eigenvalue weighted by Crippen LogP contribution is 2.44.